The molecule has 7 heteroatoms. The fraction of sp³-hybridized carbons (Fsp3) is 0.524. The molecule has 0 fully saturated rings. The molecule has 1 unspecified atom stereocenters. The molecule has 6 nitrogen and oxygen atoms in total. The summed E-state index contributed by atoms with van der Waals surface area (Å²) in [5, 5.41) is 10.1. The second kappa shape index (κ2) is 11.5. The number of benzene rings is 1. The van der Waals surface area contributed by atoms with Crippen LogP contribution in [0.3, 0.4) is 0 Å². The van der Waals surface area contributed by atoms with Crippen LogP contribution in [-0.4, -0.2) is 37.7 Å². The number of hydrogen-bond donors (Lipinski definition) is 2. The average molecular weight is 405 g/mol. The summed E-state index contributed by atoms with van der Waals surface area (Å²) < 4.78 is 11.4. The zero-order valence-electron chi connectivity index (χ0n) is 17.5. The number of guanidine groups is 1. The van der Waals surface area contributed by atoms with E-state index in [4.69, 9.17) is 9.47 Å². The Labute approximate surface area is 172 Å². The van der Waals surface area contributed by atoms with Crippen LogP contribution in [0.5, 0.6) is 11.5 Å². The molecule has 0 radical (unpaired) electrons. The third-order valence-corrected chi connectivity index (χ3v) is 5.26. The largest absolute Gasteiger partial charge is 0.490 e. The summed E-state index contributed by atoms with van der Waals surface area (Å²) >= 11 is 1.73. The Bertz CT molecular complexity index is 761. The molecule has 2 aromatic rings. The van der Waals surface area contributed by atoms with Crippen molar-refractivity contribution in [3.05, 3.63) is 39.8 Å². The first-order chi connectivity index (χ1) is 13.6. The van der Waals surface area contributed by atoms with Gasteiger partial charge in [0.05, 0.1) is 30.0 Å². The van der Waals surface area contributed by atoms with Crippen LogP contribution in [0.2, 0.25) is 0 Å². The van der Waals surface area contributed by atoms with E-state index in [-0.39, 0.29) is 6.04 Å². The predicted molar refractivity (Wildman–Crippen MR) is 117 cm³/mol. The molecule has 0 spiro atoms. The summed E-state index contributed by atoms with van der Waals surface area (Å²) in [6.07, 6.45) is 1.87. The second-order valence-corrected chi connectivity index (χ2v) is 7.22. The van der Waals surface area contributed by atoms with Gasteiger partial charge in [0.25, 0.3) is 0 Å². The van der Waals surface area contributed by atoms with Crippen molar-refractivity contribution in [1.82, 2.24) is 15.6 Å². The van der Waals surface area contributed by atoms with Gasteiger partial charge in [-0.05, 0) is 44.9 Å². The van der Waals surface area contributed by atoms with Gasteiger partial charge in [-0.1, -0.05) is 13.0 Å². The Balaban J connectivity index is 1.93. The highest BCUT2D eigenvalue weighted by atomic mass is 32.1. The lowest BCUT2D eigenvalue weighted by Crippen LogP contribution is -2.39. The van der Waals surface area contributed by atoms with E-state index in [1.165, 1.54) is 5.01 Å². The molecule has 0 aliphatic rings. The van der Waals surface area contributed by atoms with Crippen molar-refractivity contribution in [1.29, 1.82) is 0 Å². The molecule has 28 heavy (non-hydrogen) atoms. The van der Waals surface area contributed by atoms with Gasteiger partial charge in [-0.2, -0.15) is 0 Å². The van der Waals surface area contributed by atoms with Gasteiger partial charge in [0.2, 0.25) is 0 Å². The highest BCUT2D eigenvalue weighted by Gasteiger charge is 2.12. The van der Waals surface area contributed by atoms with Gasteiger partial charge >= 0.3 is 0 Å². The predicted octanol–water partition coefficient (Wildman–Crippen LogP) is 3.97. The minimum Gasteiger partial charge on any atom is -0.490 e. The number of aliphatic imine (C=N–C) groups is 1. The topological polar surface area (TPSA) is 67.8 Å². The van der Waals surface area contributed by atoms with E-state index >= 15 is 0 Å². The summed E-state index contributed by atoms with van der Waals surface area (Å²) in [6, 6.07) is 6.12. The number of rotatable bonds is 10. The Morgan fingerprint density at radius 3 is 2.57 bits per heavy atom. The summed E-state index contributed by atoms with van der Waals surface area (Å²) in [4.78, 5) is 8.94. The molecule has 1 aromatic heterocycles. The van der Waals surface area contributed by atoms with E-state index in [1.807, 2.05) is 26.0 Å². The molecule has 2 N–H and O–H groups in total. The zero-order chi connectivity index (χ0) is 20.4. The quantitative estimate of drug-likeness (QED) is 0.463. The molecule has 0 saturated heterocycles. The second-order valence-electron chi connectivity index (χ2n) is 6.27. The summed E-state index contributed by atoms with van der Waals surface area (Å²) in [5.41, 5.74) is 2.24. The smallest absolute Gasteiger partial charge is 0.191 e. The van der Waals surface area contributed by atoms with Gasteiger partial charge in [0.15, 0.2) is 17.5 Å². The summed E-state index contributed by atoms with van der Waals surface area (Å²) in [6.45, 7) is 10.2. The number of thiazole rings is 1. The normalized spacial score (nSPS) is 12.5. The summed E-state index contributed by atoms with van der Waals surface area (Å²) in [7, 11) is 1.78. The highest BCUT2D eigenvalue weighted by molar-refractivity contribution is 7.09. The van der Waals surface area contributed by atoms with E-state index in [9.17, 15) is 0 Å². The van der Waals surface area contributed by atoms with Crippen LogP contribution < -0.4 is 20.1 Å². The minimum absolute atomic E-state index is 0.0760. The lowest BCUT2D eigenvalue weighted by Gasteiger charge is -2.20. The molecule has 0 amide bonds. The SMILES string of the molecule is CCOc1ccc(C(C)NC(=NC)NCCc2csc(CC)n2)cc1OCC. The Morgan fingerprint density at radius 2 is 1.93 bits per heavy atom. The third-order valence-electron chi connectivity index (χ3n) is 4.22. The van der Waals surface area contributed by atoms with Crippen molar-refractivity contribution in [2.24, 2.45) is 4.99 Å². The molecule has 1 atom stereocenters. The van der Waals surface area contributed by atoms with Gasteiger partial charge < -0.3 is 20.1 Å². The van der Waals surface area contributed by atoms with Crippen LogP contribution >= 0.6 is 11.3 Å². The van der Waals surface area contributed by atoms with Gasteiger partial charge in [-0.25, -0.2) is 4.98 Å². The molecule has 1 heterocycles. The van der Waals surface area contributed by atoms with Crippen molar-refractivity contribution < 1.29 is 9.47 Å². The maximum atomic E-state index is 5.73. The number of hydrogen-bond acceptors (Lipinski definition) is 5. The van der Waals surface area contributed by atoms with Crippen LogP contribution in [0.25, 0.3) is 0 Å². The fourth-order valence-electron chi connectivity index (χ4n) is 2.76. The molecule has 1 aromatic carbocycles. The van der Waals surface area contributed by atoms with E-state index < -0.39 is 0 Å². The lowest BCUT2D eigenvalue weighted by molar-refractivity contribution is 0.287. The Kier molecular flexibility index (Phi) is 9.07. The summed E-state index contributed by atoms with van der Waals surface area (Å²) in [5.74, 6) is 2.32. The molecule has 0 aliphatic carbocycles. The molecule has 2 rings (SSSR count). The van der Waals surface area contributed by atoms with Crippen molar-refractivity contribution in [3.8, 4) is 11.5 Å². The third kappa shape index (κ3) is 6.41. The fourth-order valence-corrected chi connectivity index (χ4v) is 3.53. The molecule has 0 bridgehead atoms. The first kappa shape index (κ1) is 22.0. The van der Waals surface area contributed by atoms with Crippen molar-refractivity contribution in [2.75, 3.05) is 26.8 Å². The van der Waals surface area contributed by atoms with Gasteiger partial charge in [-0.3, -0.25) is 4.99 Å². The maximum absolute atomic E-state index is 5.73. The van der Waals surface area contributed by atoms with Gasteiger partial charge in [-0.15, -0.1) is 11.3 Å². The van der Waals surface area contributed by atoms with E-state index in [0.717, 1.165) is 48.1 Å². The minimum atomic E-state index is 0.0760. The number of aromatic nitrogens is 1. The monoisotopic (exact) mass is 404 g/mol. The number of ether oxygens (including phenoxy) is 2. The molecule has 154 valence electrons. The van der Waals surface area contributed by atoms with Crippen LogP contribution in [0.15, 0.2) is 28.6 Å². The Hall–Kier alpha value is -2.28. The van der Waals surface area contributed by atoms with Crippen molar-refractivity contribution >= 4 is 17.3 Å². The number of nitrogens with zero attached hydrogens (tertiary/aromatic N) is 2. The number of aryl methyl sites for hydroxylation is 1. The zero-order valence-corrected chi connectivity index (χ0v) is 18.4. The van der Waals surface area contributed by atoms with Crippen LogP contribution in [0.4, 0.5) is 0 Å². The Morgan fingerprint density at radius 1 is 1.18 bits per heavy atom. The standard InChI is InChI=1S/C21H32N4O2S/c1-6-20-25-17(14-28-20)11-12-23-21(22-5)24-15(4)16-9-10-18(26-7-2)19(13-16)27-8-3/h9-10,13-15H,6-8,11-12H2,1-5H3,(H2,22,23,24). The molecular formula is C21H32N4O2S. The van der Waals surface area contributed by atoms with Crippen LogP contribution in [0, 0.1) is 0 Å². The maximum Gasteiger partial charge on any atom is 0.191 e. The number of nitrogens with one attached hydrogen (secondary N) is 2. The van der Waals surface area contributed by atoms with Crippen LogP contribution in [0.1, 0.15) is 50.0 Å². The van der Waals surface area contributed by atoms with Crippen LogP contribution in [-0.2, 0) is 12.8 Å². The van der Waals surface area contributed by atoms with Gasteiger partial charge in [0, 0.05) is 25.4 Å². The highest BCUT2D eigenvalue weighted by Crippen LogP contribution is 2.30. The molecular weight excluding hydrogens is 372 g/mol. The average Bonchev–Trinajstić information content (AvgIpc) is 3.16. The van der Waals surface area contributed by atoms with E-state index in [1.54, 1.807) is 18.4 Å². The van der Waals surface area contributed by atoms with Crippen molar-refractivity contribution in [2.45, 2.75) is 46.6 Å². The molecule has 0 saturated carbocycles. The van der Waals surface area contributed by atoms with E-state index in [0.29, 0.717) is 13.2 Å². The lowest BCUT2D eigenvalue weighted by atomic mass is 10.1. The first-order valence-electron chi connectivity index (χ1n) is 9.91. The van der Waals surface area contributed by atoms with Gasteiger partial charge in [0.1, 0.15) is 0 Å². The first-order valence-corrected chi connectivity index (χ1v) is 10.8. The van der Waals surface area contributed by atoms with Crippen molar-refractivity contribution in [3.63, 3.8) is 0 Å². The van der Waals surface area contributed by atoms with E-state index in [2.05, 4.69) is 45.9 Å². The molecule has 0 aliphatic heterocycles.